The highest BCUT2D eigenvalue weighted by Crippen LogP contribution is 2.34. The van der Waals surface area contributed by atoms with Crippen molar-refractivity contribution >= 4 is 32.6 Å². The van der Waals surface area contributed by atoms with E-state index in [0.717, 1.165) is 12.1 Å². The number of hydrogen-bond donors (Lipinski definition) is 2. The highest BCUT2D eigenvalue weighted by atomic mass is 32.2. The van der Waals surface area contributed by atoms with Gasteiger partial charge in [0.05, 0.1) is 23.9 Å². The third kappa shape index (κ3) is 5.76. The van der Waals surface area contributed by atoms with Gasteiger partial charge >= 0.3 is 12.3 Å². The number of halogens is 3. The number of nitrogens with one attached hydrogen (secondary N) is 1. The van der Waals surface area contributed by atoms with Crippen LogP contribution in [0.1, 0.15) is 21.6 Å². The maximum absolute atomic E-state index is 13.3. The molecule has 2 N–H and O–H groups in total. The largest absolute Gasteiger partial charge is 0.573 e. The lowest BCUT2D eigenvalue weighted by molar-refractivity contribution is -0.274. The first kappa shape index (κ1) is 26.2. The van der Waals surface area contributed by atoms with Gasteiger partial charge in [0, 0.05) is 29.4 Å². The second kappa shape index (κ2) is 10.3. The van der Waals surface area contributed by atoms with E-state index in [1.54, 1.807) is 12.1 Å². The number of aromatic nitrogens is 2. The van der Waals surface area contributed by atoms with Crippen molar-refractivity contribution in [3.63, 3.8) is 0 Å². The average molecular weight is 543 g/mol. The number of alkyl halides is 3. The minimum Gasteiger partial charge on any atom is -0.495 e. The molecule has 0 aliphatic heterocycles. The molecule has 0 atom stereocenters. The molecule has 0 radical (unpaired) electrons. The predicted octanol–water partition coefficient (Wildman–Crippen LogP) is 4.44. The minimum atomic E-state index is -4.98. The van der Waals surface area contributed by atoms with Crippen LogP contribution in [0.25, 0.3) is 10.9 Å². The number of carboxylic acid groups (broad SMARTS) is 1. The zero-order valence-corrected chi connectivity index (χ0v) is 20.1. The molecular weight excluding hydrogens is 527 g/mol. The fraction of sp³-hybridized carbons (Fsp3) is 0.0800. The molecule has 0 bridgehead atoms. The third-order valence-corrected chi connectivity index (χ3v) is 6.41. The van der Waals surface area contributed by atoms with Crippen LogP contribution in [0, 0.1) is 11.8 Å². The fourth-order valence-corrected chi connectivity index (χ4v) is 4.63. The van der Waals surface area contributed by atoms with Crippen molar-refractivity contribution in [1.82, 2.24) is 9.97 Å². The third-order valence-electron chi connectivity index (χ3n) is 5.02. The number of benzene rings is 2. The Morgan fingerprint density at radius 2 is 1.74 bits per heavy atom. The van der Waals surface area contributed by atoms with Gasteiger partial charge in [0.2, 0.25) is 0 Å². The Bertz CT molecular complexity index is 1710. The Labute approximate surface area is 213 Å². The molecule has 9 nitrogen and oxygen atoms in total. The van der Waals surface area contributed by atoms with E-state index in [1.807, 2.05) is 0 Å². The standard InChI is InChI=1S/C25H16F3N3O6S/c1-36-21-13-19(24(32)33)30-14-16(21)9-8-15-5-2-3-7-18(15)31-38(34,35)22-11-10-20(37-25(26,27)28)17-6-4-12-29-23(17)22/h2-7,10-14,31H,1H3,(H,32,33). The number of fused-ring (bicyclic) bond motifs is 1. The van der Waals surface area contributed by atoms with E-state index in [1.165, 1.54) is 49.8 Å². The lowest BCUT2D eigenvalue weighted by Crippen LogP contribution is -2.18. The van der Waals surface area contributed by atoms with Crippen LogP contribution >= 0.6 is 0 Å². The van der Waals surface area contributed by atoms with Gasteiger partial charge in [-0.3, -0.25) is 9.71 Å². The zero-order valence-electron chi connectivity index (χ0n) is 19.3. The van der Waals surface area contributed by atoms with Crippen LogP contribution in [0.5, 0.6) is 11.5 Å². The van der Waals surface area contributed by atoms with Crippen LogP contribution in [-0.4, -0.2) is 42.9 Å². The second-order valence-electron chi connectivity index (χ2n) is 7.49. The van der Waals surface area contributed by atoms with Crippen molar-refractivity contribution in [1.29, 1.82) is 0 Å². The molecule has 0 saturated carbocycles. The fourth-order valence-electron chi connectivity index (χ4n) is 3.38. The van der Waals surface area contributed by atoms with Crippen LogP contribution in [0.3, 0.4) is 0 Å². The van der Waals surface area contributed by atoms with Crippen molar-refractivity contribution in [2.75, 3.05) is 11.8 Å². The van der Waals surface area contributed by atoms with Gasteiger partial charge in [-0.25, -0.2) is 18.2 Å². The van der Waals surface area contributed by atoms with Gasteiger partial charge in [0.25, 0.3) is 10.0 Å². The molecule has 0 fully saturated rings. The van der Waals surface area contributed by atoms with Crippen molar-refractivity contribution < 1.29 is 41.0 Å². The van der Waals surface area contributed by atoms with E-state index >= 15 is 0 Å². The monoisotopic (exact) mass is 543 g/mol. The SMILES string of the molecule is COc1cc(C(=O)O)ncc1C#Cc1ccccc1NS(=O)(=O)c1ccc(OC(F)(F)F)c2cccnc12. The maximum Gasteiger partial charge on any atom is 0.573 e. The van der Waals surface area contributed by atoms with Gasteiger partial charge in [0.1, 0.15) is 16.4 Å². The van der Waals surface area contributed by atoms with Gasteiger partial charge in [-0.05, 0) is 36.4 Å². The van der Waals surface area contributed by atoms with Gasteiger partial charge < -0.3 is 14.6 Å². The number of carbonyl (C=O) groups is 1. The summed E-state index contributed by atoms with van der Waals surface area (Å²) in [5.41, 5.74) is 0.113. The van der Waals surface area contributed by atoms with Crippen LogP contribution < -0.4 is 14.2 Å². The molecule has 0 amide bonds. The van der Waals surface area contributed by atoms with Crippen molar-refractivity contribution in [2.24, 2.45) is 0 Å². The first-order valence-corrected chi connectivity index (χ1v) is 12.0. The number of aromatic carboxylic acids is 1. The summed E-state index contributed by atoms with van der Waals surface area (Å²) < 4.78 is 76.6. The summed E-state index contributed by atoms with van der Waals surface area (Å²) in [4.78, 5) is 18.5. The number of rotatable bonds is 6. The summed E-state index contributed by atoms with van der Waals surface area (Å²) in [7, 11) is -3.02. The normalized spacial score (nSPS) is 11.4. The Kier molecular flexibility index (Phi) is 7.09. The number of hydrogen-bond acceptors (Lipinski definition) is 7. The summed E-state index contributed by atoms with van der Waals surface area (Å²) in [6.07, 6.45) is -2.52. The second-order valence-corrected chi connectivity index (χ2v) is 9.14. The lowest BCUT2D eigenvalue weighted by Gasteiger charge is -2.14. The van der Waals surface area contributed by atoms with Crippen molar-refractivity contribution in [2.45, 2.75) is 11.3 Å². The molecule has 0 spiro atoms. The van der Waals surface area contributed by atoms with Crippen LogP contribution in [0.15, 0.2) is 71.9 Å². The molecule has 38 heavy (non-hydrogen) atoms. The van der Waals surface area contributed by atoms with Crippen LogP contribution in [0.2, 0.25) is 0 Å². The molecule has 13 heteroatoms. The summed E-state index contributed by atoms with van der Waals surface area (Å²) in [6.45, 7) is 0. The molecule has 0 saturated heterocycles. The topological polar surface area (TPSA) is 128 Å². The van der Waals surface area contributed by atoms with E-state index in [4.69, 9.17) is 9.84 Å². The number of methoxy groups -OCH3 is 1. The number of carboxylic acids is 1. The summed E-state index contributed by atoms with van der Waals surface area (Å²) in [5, 5.41) is 8.94. The molecule has 194 valence electrons. The summed E-state index contributed by atoms with van der Waals surface area (Å²) >= 11 is 0. The number of sulfonamides is 1. The first-order chi connectivity index (χ1) is 18.0. The first-order valence-electron chi connectivity index (χ1n) is 10.5. The van der Waals surface area contributed by atoms with Crippen molar-refractivity contribution in [3.8, 4) is 23.3 Å². The van der Waals surface area contributed by atoms with Gasteiger partial charge in [-0.1, -0.05) is 24.0 Å². The van der Waals surface area contributed by atoms with Crippen LogP contribution in [-0.2, 0) is 10.0 Å². The molecule has 4 aromatic rings. The molecule has 0 aliphatic carbocycles. The Morgan fingerprint density at radius 3 is 2.45 bits per heavy atom. The Balaban J connectivity index is 1.72. The molecule has 2 aromatic heterocycles. The molecule has 4 rings (SSSR count). The van der Waals surface area contributed by atoms with E-state index in [0.29, 0.717) is 0 Å². The number of nitrogens with zero attached hydrogens (tertiary/aromatic N) is 2. The number of anilines is 1. The van der Waals surface area contributed by atoms with Crippen molar-refractivity contribution in [3.05, 3.63) is 83.8 Å². The molecule has 0 aliphatic rings. The molecule has 0 unspecified atom stereocenters. The number of ether oxygens (including phenoxy) is 2. The summed E-state index contributed by atoms with van der Waals surface area (Å²) in [5.74, 6) is 3.88. The molecule has 2 heterocycles. The predicted molar refractivity (Wildman–Crippen MR) is 129 cm³/mol. The van der Waals surface area contributed by atoms with E-state index in [-0.39, 0.29) is 44.1 Å². The minimum absolute atomic E-state index is 0.0776. The van der Waals surface area contributed by atoms with E-state index in [9.17, 15) is 26.4 Å². The maximum atomic E-state index is 13.3. The van der Waals surface area contributed by atoms with Gasteiger partial charge in [0.15, 0.2) is 5.69 Å². The average Bonchev–Trinajstić information content (AvgIpc) is 2.87. The molecule has 2 aromatic carbocycles. The van der Waals surface area contributed by atoms with E-state index < -0.39 is 28.1 Å². The van der Waals surface area contributed by atoms with E-state index in [2.05, 4.69) is 31.3 Å². The number of para-hydroxylation sites is 1. The number of pyridine rings is 2. The highest BCUT2D eigenvalue weighted by Gasteiger charge is 2.32. The van der Waals surface area contributed by atoms with Crippen LogP contribution in [0.4, 0.5) is 18.9 Å². The summed E-state index contributed by atoms with van der Waals surface area (Å²) in [6, 6.07) is 11.8. The smallest absolute Gasteiger partial charge is 0.495 e. The highest BCUT2D eigenvalue weighted by molar-refractivity contribution is 7.93. The van der Waals surface area contributed by atoms with Gasteiger partial charge in [-0.15, -0.1) is 13.2 Å². The molecular formula is C25H16F3N3O6S. The zero-order chi connectivity index (χ0) is 27.5. The van der Waals surface area contributed by atoms with Gasteiger partial charge in [-0.2, -0.15) is 0 Å². The lowest BCUT2D eigenvalue weighted by atomic mass is 10.1. The Hall–Kier alpha value is -4.83. The Morgan fingerprint density at radius 1 is 1.00 bits per heavy atom. The quantitative estimate of drug-likeness (QED) is 0.342.